The Hall–Kier alpha value is -0.0400. The molecule has 1 heteroatoms. The Morgan fingerprint density at radius 3 is 0.705 bits per heavy atom. The number of nitrogens with zero attached hydrogens (tertiary/aromatic N) is 1. The number of hydrogen-bond donors (Lipinski definition) is 0. The van der Waals surface area contributed by atoms with Crippen molar-refractivity contribution < 1.29 is 0 Å². The third-order valence-corrected chi connectivity index (χ3v) is 10.2. The van der Waals surface area contributed by atoms with Gasteiger partial charge in [-0.2, -0.15) is 0 Å². The molecule has 0 radical (unpaired) electrons. The van der Waals surface area contributed by atoms with Gasteiger partial charge in [0.15, 0.2) is 0 Å². The van der Waals surface area contributed by atoms with E-state index in [1.165, 1.54) is 244 Å². The smallest absolute Gasteiger partial charge is 0.00187 e. The summed E-state index contributed by atoms with van der Waals surface area (Å²) < 4.78 is 0. The van der Waals surface area contributed by atoms with E-state index in [1.54, 1.807) is 0 Å². The second-order valence-corrected chi connectivity index (χ2v) is 15.3. The minimum absolute atomic E-state index is 0.891. The Labute approximate surface area is 282 Å². The van der Waals surface area contributed by atoms with E-state index in [-0.39, 0.29) is 0 Å². The molecule has 44 heavy (non-hydrogen) atoms. The van der Waals surface area contributed by atoms with Crippen molar-refractivity contribution in [3.8, 4) is 0 Å². The molecule has 0 aliphatic carbocycles. The van der Waals surface area contributed by atoms with Gasteiger partial charge in [0.1, 0.15) is 0 Å². The molecular formula is C43H89N. The van der Waals surface area contributed by atoms with E-state index < -0.39 is 0 Å². The summed E-state index contributed by atoms with van der Waals surface area (Å²) in [7, 11) is 0. The molecule has 0 atom stereocenters. The highest BCUT2D eigenvalue weighted by Gasteiger charge is 2.05. The van der Waals surface area contributed by atoms with E-state index in [0.717, 1.165) is 5.92 Å². The Morgan fingerprint density at radius 2 is 0.477 bits per heavy atom. The molecule has 0 aliphatic heterocycles. The number of hydrogen-bond acceptors (Lipinski definition) is 1. The molecule has 0 heterocycles. The molecule has 0 amide bonds. The Balaban J connectivity index is 3.89. The summed E-state index contributed by atoms with van der Waals surface area (Å²) in [6.07, 6.45) is 51.1. The van der Waals surface area contributed by atoms with Crippen molar-refractivity contribution in [3.05, 3.63) is 0 Å². The average Bonchev–Trinajstić information content (AvgIpc) is 3.02. The van der Waals surface area contributed by atoms with Gasteiger partial charge in [-0.25, -0.2) is 0 Å². The standard InChI is InChI=1S/C43H89N/c1-5-7-9-11-13-15-20-24-28-32-36-40-44(41-37-33-29-25-21-16-14-12-10-8-6-2)42-38-34-30-26-22-18-17-19-23-27-31-35-39-43(3)4/h43H,5-42H2,1-4H3. The molecule has 1 nitrogen and oxygen atoms in total. The predicted octanol–water partition coefficient (Wildman–Crippen LogP) is 15.6. The SMILES string of the molecule is CCCCCCCCCCCCCN(CCCCCCCCCCCCC)CCCCCCCCCCCCCCC(C)C. The number of rotatable bonds is 39. The van der Waals surface area contributed by atoms with Gasteiger partial charge >= 0.3 is 0 Å². The first kappa shape index (κ1) is 44.0. The van der Waals surface area contributed by atoms with E-state index in [1.807, 2.05) is 0 Å². The van der Waals surface area contributed by atoms with Crippen LogP contribution in [0.4, 0.5) is 0 Å². The second kappa shape index (κ2) is 39.1. The molecular weight excluding hydrogens is 530 g/mol. The lowest BCUT2D eigenvalue weighted by molar-refractivity contribution is 0.254. The lowest BCUT2D eigenvalue weighted by Crippen LogP contribution is -2.27. The zero-order chi connectivity index (χ0) is 32.0. The molecule has 0 aromatic rings. The minimum Gasteiger partial charge on any atom is -0.303 e. The first-order valence-electron chi connectivity index (χ1n) is 21.4. The van der Waals surface area contributed by atoms with E-state index in [4.69, 9.17) is 0 Å². The first-order valence-corrected chi connectivity index (χ1v) is 21.4. The fourth-order valence-electron chi connectivity index (χ4n) is 6.99. The average molecular weight is 620 g/mol. The summed E-state index contributed by atoms with van der Waals surface area (Å²) in [6, 6.07) is 0. The monoisotopic (exact) mass is 620 g/mol. The van der Waals surface area contributed by atoms with E-state index >= 15 is 0 Å². The van der Waals surface area contributed by atoms with Gasteiger partial charge in [-0.15, -0.1) is 0 Å². The van der Waals surface area contributed by atoms with E-state index in [2.05, 4.69) is 32.6 Å². The maximum absolute atomic E-state index is 2.86. The lowest BCUT2D eigenvalue weighted by Gasteiger charge is -2.22. The van der Waals surface area contributed by atoms with Gasteiger partial charge in [0.2, 0.25) is 0 Å². The highest BCUT2D eigenvalue weighted by molar-refractivity contribution is 4.61. The molecule has 0 rings (SSSR count). The van der Waals surface area contributed by atoms with Crippen LogP contribution in [0.1, 0.15) is 252 Å². The third-order valence-electron chi connectivity index (χ3n) is 10.2. The van der Waals surface area contributed by atoms with Crippen molar-refractivity contribution in [2.75, 3.05) is 19.6 Å². The largest absolute Gasteiger partial charge is 0.303 e. The van der Waals surface area contributed by atoms with Gasteiger partial charge in [0.05, 0.1) is 0 Å². The van der Waals surface area contributed by atoms with Crippen LogP contribution in [-0.2, 0) is 0 Å². The number of unbranched alkanes of at least 4 members (excludes halogenated alkanes) is 31. The van der Waals surface area contributed by atoms with Crippen LogP contribution in [-0.4, -0.2) is 24.5 Å². The zero-order valence-electron chi connectivity index (χ0n) is 31.9. The Morgan fingerprint density at radius 1 is 0.273 bits per heavy atom. The highest BCUT2D eigenvalue weighted by atomic mass is 15.1. The second-order valence-electron chi connectivity index (χ2n) is 15.3. The third kappa shape index (κ3) is 38.1. The quantitative estimate of drug-likeness (QED) is 0.0619. The summed E-state index contributed by atoms with van der Waals surface area (Å²) in [4.78, 5) is 2.86. The molecule has 0 fully saturated rings. The van der Waals surface area contributed by atoms with Crippen molar-refractivity contribution >= 4 is 0 Å². The normalized spacial score (nSPS) is 11.9. The fourth-order valence-corrected chi connectivity index (χ4v) is 6.99. The van der Waals surface area contributed by atoms with Crippen molar-refractivity contribution in [1.29, 1.82) is 0 Å². The molecule has 0 N–H and O–H groups in total. The summed E-state index contributed by atoms with van der Waals surface area (Å²) in [6.45, 7) is 13.5. The highest BCUT2D eigenvalue weighted by Crippen LogP contribution is 2.16. The maximum Gasteiger partial charge on any atom is -0.00187 e. The van der Waals surface area contributed by atoms with Crippen LogP contribution in [0.25, 0.3) is 0 Å². The van der Waals surface area contributed by atoms with Crippen LogP contribution in [0.3, 0.4) is 0 Å². The topological polar surface area (TPSA) is 3.24 Å². The van der Waals surface area contributed by atoms with Crippen LogP contribution in [0.5, 0.6) is 0 Å². The Bertz CT molecular complexity index is 459. The van der Waals surface area contributed by atoms with Crippen molar-refractivity contribution in [2.45, 2.75) is 252 Å². The van der Waals surface area contributed by atoms with Crippen molar-refractivity contribution in [1.82, 2.24) is 4.90 Å². The molecule has 0 aromatic heterocycles. The molecule has 0 spiro atoms. The van der Waals surface area contributed by atoms with Crippen LogP contribution >= 0.6 is 0 Å². The summed E-state index contributed by atoms with van der Waals surface area (Å²) in [5.41, 5.74) is 0. The van der Waals surface area contributed by atoms with Crippen LogP contribution in [0.15, 0.2) is 0 Å². The van der Waals surface area contributed by atoms with Gasteiger partial charge in [-0.05, 0) is 44.8 Å². The Kier molecular flexibility index (Phi) is 39.1. The zero-order valence-corrected chi connectivity index (χ0v) is 31.9. The van der Waals surface area contributed by atoms with Crippen LogP contribution in [0.2, 0.25) is 0 Å². The first-order chi connectivity index (χ1) is 21.7. The molecule has 0 aromatic carbocycles. The van der Waals surface area contributed by atoms with Gasteiger partial charge in [-0.1, -0.05) is 233 Å². The van der Waals surface area contributed by atoms with Crippen molar-refractivity contribution in [2.24, 2.45) is 5.92 Å². The lowest BCUT2D eigenvalue weighted by atomic mass is 10.0. The van der Waals surface area contributed by atoms with Crippen molar-refractivity contribution in [3.63, 3.8) is 0 Å². The van der Waals surface area contributed by atoms with Gasteiger partial charge in [0, 0.05) is 0 Å². The predicted molar refractivity (Wildman–Crippen MR) is 204 cm³/mol. The molecule has 0 bridgehead atoms. The van der Waals surface area contributed by atoms with Gasteiger partial charge in [0.25, 0.3) is 0 Å². The molecule has 0 unspecified atom stereocenters. The minimum atomic E-state index is 0.891. The van der Waals surface area contributed by atoms with E-state index in [9.17, 15) is 0 Å². The molecule has 0 aliphatic rings. The maximum atomic E-state index is 2.86. The van der Waals surface area contributed by atoms with Crippen LogP contribution < -0.4 is 0 Å². The fraction of sp³-hybridized carbons (Fsp3) is 1.00. The summed E-state index contributed by atoms with van der Waals surface area (Å²) >= 11 is 0. The molecule has 0 saturated heterocycles. The summed E-state index contributed by atoms with van der Waals surface area (Å²) in [5.74, 6) is 0.891. The van der Waals surface area contributed by atoms with Crippen LogP contribution in [0, 0.1) is 5.92 Å². The van der Waals surface area contributed by atoms with Gasteiger partial charge < -0.3 is 4.90 Å². The molecule has 266 valence electrons. The van der Waals surface area contributed by atoms with Gasteiger partial charge in [-0.3, -0.25) is 0 Å². The summed E-state index contributed by atoms with van der Waals surface area (Å²) in [5, 5.41) is 0. The molecule has 0 saturated carbocycles. The van der Waals surface area contributed by atoms with E-state index in [0.29, 0.717) is 0 Å².